The normalized spacial score (nSPS) is 10.7. The number of thiazole rings is 1. The van der Waals surface area contributed by atoms with Crippen LogP contribution < -0.4 is 10.1 Å². The van der Waals surface area contributed by atoms with E-state index in [-0.39, 0.29) is 18.1 Å². The highest BCUT2D eigenvalue weighted by atomic mass is 32.1. The van der Waals surface area contributed by atoms with Crippen LogP contribution in [0.5, 0.6) is 5.75 Å². The Morgan fingerprint density at radius 3 is 2.79 bits per heavy atom. The quantitative estimate of drug-likeness (QED) is 0.451. The van der Waals surface area contributed by atoms with Gasteiger partial charge in [0.1, 0.15) is 18.2 Å². The summed E-state index contributed by atoms with van der Waals surface area (Å²) in [4.78, 5) is 16.8. The van der Waals surface area contributed by atoms with Gasteiger partial charge in [-0.2, -0.15) is 0 Å². The molecule has 29 heavy (non-hydrogen) atoms. The number of nitrogens with one attached hydrogen (secondary N) is 1. The number of halogens is 1. The predicted octanol–water partition coefficient (Wildman–Crippen LogP) is 5.30. The Morgan fingerprint density at radius 1 is 1.14 bits per heavy atom. The van der Waals surface area contributed by atoms with Gasteiger partial charge in [0.25, 0.3) is 0 Å². The lowest BCUT2D eigenvalue weighted by atomic mass is 10.2. The fraction of sp³-hybridized carbons (Fsp3) is 0.0909. The predicted molar refractivity (Wildman–Crippen MR) is 109 cm³/mol. The van der Waals surface area contributed by atoms with Gasteiger partial charge >= 0.3 is 0 Å². The second-order valence-corrected chi connectivity index (χ2v) is 7.15. The SMILES string of the molecule is O=C(Cc1csc(-c2ccco2)n1)Nc1cccc(OCc2ccc(F)cc2)c1. The van der Waals surface area contributed by atoms with E-state index < -0.39 is 0 Å². The molecule has 4 aromatic rings. The molecule has 146 valence electrons. The molecule has 0 aliphatic heterocycles. The Hall–Kier alpha value is -3.45. The highest BCUT2D eigenvalue weighted by Gasteiger charge is 2.11. The molecule has 1 N–H and O–H groups in total. The molecule has 0 unspecified atom stereocenters. The average Bonchev–Trinajstić information content (AvgIpc) is 3.40. The van der Waals surface area contributed by atoms with Gasteiger partial charge in [0, 0.05) is 17.1 Å². The van der Waals surface area contributed by atoms with Crippen LogP contribution in [0.15, 0.2) is 76.7 Å². The van der Waals surface area contributed by atoms with Crippen molar-refractivity contribution in [1.82, 2.24) is 4.98 Å². The molecule has 2 aromatic heterocycles. The first-order valence-corrected chi connectivity index (χ1v) is 9.79. The van der Waals surface area contributed by atoms with E-state index in [1.165, 1.54) is 23.5 Å². The minimum atomic E-state index is -0.283. The molecule has 0 saturated carbocycles. The van der Waals surface area contributed by atoms with Gasteiger partial charge in [-0.05, 0) is 42.0 Å². The van der Waals surface area contributed by atoms with Gasteiger partial charge in [0.2, 0.25) is 5.91 Å². The maximum Gasteiger partial charge on any atom is 0.230 e. The smallest absolute Gasteiger partial charge is 0.230 e. The molecule has 2 heterocycles. The highest BCUT2D eigenvalue weighted by molar-refractivity contribution is 7.13. The molecule has 0 radical (unpaired) electrons. The number of aromatic nitrogens is 1. The zero-order chi connectivity index (χ0) is 20.1. The lowest BCUT2D eigenvalue weighted by Gasteiger charge is -2.09. The van der Waals surface area contributed by atoms with E-state index >= 15 is 0 Å². The zero-order valence-electron chi connectivity index (χ0n) is 15.3. The van der Waals surface area contributed by atoms with Crippen molar-refractivity contribution in [3.05, 3.63) is 89.4 Å². The molecule has 0 spiro atoms. The van der Waals surface area contributed by atoms with Crippen LogP contribution in [0.1, 0.15) is 11.3 Å². The van der Waals surface area contributed by atoms with Crippen LogP contribution in [-0.2, 0) is 17.8 Å². The van der Waals surface area contributed by atoms with E-state index in [9.17, 15) is 9.18 Å². The van der Waals surface area contributed by atoms with Crippen LogP contribution in [0.4, 0.5) is 10.1 Å². The van der Waals surface area contributed by atoms with Crippen molar-refractivity contribution in [2.45, 2.75) is 13.0 Å². The van der Waals surface area contributed by atoms with E-state index in [4.69, 9.17) is 9.15 Å². The molecular formula is C22H17FN2O3S. The molecule has 0 aliphatic rings. The van der Waals surface area contributed by atoms with Crippen LogP contribution in [-0.4, -0.2) is 10.9 Å². The standard InChI is InChI=1S/C22H17FN2O3S/c23-16-8-6-15(7-9-16)13-28-19-4-1-3-17(11-19)24-21(26)12-18-14-29-22(25-18)20-5-2-10-27-20/h1-11,14H,12-13H2,(H,24,26). The van der Waals surface area contributed by atoms with E-state index in [2.05, 4.69) is 10.3 Å². The summed E-state index contributed by atoms with van der Waals surface area (Å²) in [5, 5.41) is 5.44. The number of carbonyl (C=O) groups is 1. The number of anilines is 1. The third-order valence-electron chi connectivity index (χ3n) is 4.06. The van der Waals surface area contributed by atoms with Gasteiger partial charge in [-0.15, -0.1) is 11.3 Å². The first-order chi connectivity index (χ1) is 14.2. The van der Waals surface area contributed by atoms with Crippen LogP contribution in [0, 0.1) is 5.82 Å². The Bertz CT molecular complexity index is 1090. The summed E-state index contributed by atoms with van der Waals surface area (Å²) in [6.07, 6.45) is 1.76. The number of hydrogen-bond donors (Lipinski definition) is 1. The van der Waals surface area contributed by atoms with Gasteiger partial charge in [0.05, 0.1) is 18.4 Å². The van der Waals surface area contributed by atoms with Crippen LogP contribution >= 0.6 is 11.3 Å². The summed E-state index contributed by atoms with van der Waals surface area (Å²) in [5.41, 5.74) is 2.17. The second kappa shape index (κ2) is 8.70. The summed E-state index contributed by atoms with van der Waals surface area (Å²) in [7, 11) is 0. The highest BCUT2D eigenvalue weighted by Crippen LogP contribution is 2.24. The minimum absolute atomic E-state index is 0.165. The minimum Gasteiger partial charge on any atom is -0.489 e. The number of ether oxygens (including phenoxy) is 1. The molecular weight excluding hydrogens is 391 g/mol. The molecule has 5 nitrogen and oxygen atoms in total. The van der Waals surface area contributed by atoms with Gasteiger partial charge < -0.3 is 14.5 Å². The second-order valence-electron chi connectivity index (χ2n) is 6.29. The van der Waals surface area contributed by atoms with E-state index in [0.717, 1.165) is 10.6 Å². The van der Waals surface area contributed by atoms with Gasteiger partial charge in [-0.3, -0.25) is 4.79 Å². The van der Waals surface area contributed by atoms with Crippen molar-refractivity contribution in [1.29, 1.82) is 0 Å². The molecule has 7 heteroatoms. The van der Waals surface area contributed by atoms with Gasteiger partial charge in [-0.25, -0.2) is 9.37 Å². The topological polar surface area (TPSA) is 64.4 Å². The molecule has 4 rings (SSSR count). The number of rotatable bonds is 7. The van der Waals surface area contributed by atoms with Crippen molar-refractivity contribution in [3.63, 3.8) is 0 Å². The number of amides is 1. The summed E-state index contributed by atoms with van der Waals surface area (Å²) in [5.74, 6) is 0.848. The number of carbonyl (C=O) groups excluding carboxylic acids is 1. The Kier molecular flexibility index (Phi) is 5.67. The first-order valence-electron chi connectivity index (χ1n) is 8.91. The summed E-state index contributed by atoms with van der Waals surface area (Å²) >= 11 is 1.44. The van der Waals surface area contributed by atoms with Gasteiger partial charge in [0.15, 0.2) is 10.8 Å². The Labute approximate surface area is 170 Å². The van der Waals surface area contributed by atoms with Crippen molar-refractivity contribution < 1.29 is 18.3 Å². The van der Waals surface area contributed by atoms with E-state index in [1.807, 2.05) is 11.4 Å². The largest absolute Gasteiger partial charge is 0.489 e. The fourth-order valence-corrected chi connectivity index (χ4v) is 3.47. The molecule has 0 saturated heterocycles. The third-order valence-corrected chi connectivity index (χ3v) is 4.97. The van der Waals surface area contributed by atoms with E-state index in [1.54, 1.807) is 48.7 Å². The Balaban J connectivity index is 1.33. The maximum atomic E-state index is 13.0. The van der Waals surface area contributed by atoms with Crippen LogP contribution in [0.25, 0.3) is 10.8 Å². The third kappa shape index (κ3) is 5.08. The molecule has 0 bridgehead atoms. The molecule has 1 amide bonds. The lowest BCUT2D eigenvalue weighted by molar-refractivity contribution is -0.115. The van der Waals surface area contributed by atoms with Crippen molar-refractivity contribution in [2.75, 3.05) is 5.32 Å². The zero-order valence-corrected chi connectivity index (χ0v) is 16.1. The summed E-state index contributed by atoms with van der Waals surface area (Å²) in [6.45, 7) is 0.312. The monoisotopic (exact) mass is 408 g/mol. The van der Waals surface area contributed by atoms with Crippen LogP contribution in [0.3, 0.4) is 0 Å². The summed E-state index contributed by atoms with van der Waals surface area (Å²) in [6, 6.07) is 16.9. The van der Waals surface area contributed by atoms with Crippen LogP contribution in [0.2, 0.25) is 0 Å². The molecule has 0 fully saturated rings. The molecule has 2 aromatic carbocycles. The number of hydrogen-bond acceptors (Lipinski definition) is 5. The van der Waals surface area contributed by atoms with Crippen molar-refractivity contribution in [2.24, 2.45) is 0 Å². The van der Waals surface area contributed by atoms with E-state index in [0.29, 0.717) is 29.5 Å². The van der Waals surface area contributed by atoms with Crippen molar-refractivity contribution in [3.8, 4) is 16.5 Å². The summed E-state index contributed by atoms with van der Waals surface area (Å²) < 4.78 is 24.0. The average molecular weight is 408 g/mol. The lowest BCUT2D eigenvalue weighted by Crippen LogP contribution is -2.14. The van der Waals surface area contributed by atoms with Gasteiger partial charge in [-0.1, -0.05) is 18.2 Å². The Morgan fingerprint density at radius 2 is 2.00 bits per heavy atom. The fourth-order valence-electron chi connectivity index (χ4n) is 2.68. The number of benzene rings is 2. The first kappa shape index (κ1) is 18.9. The number of furan rings is 1. The molecule has 0 aliphatic carbocycles. The number of nitrogens with zero attached hydrogens (tertiary/aromatic N) is 1. The van der Waals surface area contributed by atoms with Crippen molar-refractivity contribution >= 4 is 22.9 Å². The maximum absolute atomic E-state index is 13.0. The molecule has 0 atom stereocenters.